The highest BCUT2D eigenvalue weighted by molar-refractivity contribution is 5.71. The van der Waals surface area contributed by atoms with Gasteiger partial charge in [-0.2, -0.15) is 10.2 Å². The molecule has 3 aromatic heterocycles. The van der Waals surface area contributed by atoms with Gasteiger partial charge in [-0.15, -0.1) is 0 Å². The van der Waals surface area contributed by atoms with Crippen LogP contribution < -0.4 is 10.5 Å². The minimum atomic E-state index is 0.500. The zero-order valence-electron chi connectivity index (χ0n) is 13.3. The smallest absolute Gasteiger partial charge is 0.165 e. The molecule has 1 saturated heterocycles. The molecule has 1 aliphatic heterocycles. The van der Waals surface area contributed by atoms with Crippen LogP contribution in [0, 0.1) is 0 Å². The highest BCUT2D eigenvalue weighted by Crippen LogP contribution is 2.31. The highest BCUT2D eigenvalue weighted by atomic mass is 16.5. The predicted octanol–water partition coefficient (Wildman–Crippen LogP) is 1.40. The van der Waals surface area contributed by atoms with Crippen molar-refractivity contribution in [2.24, 2.45) is 7.05 Å². The maximum absolute atomic E-state index is 6.03. The molecule has 0 saturated carbocycles. The fraction of sp³-hybridized carbons (Fsp3) is 0.375. The Balaban J connectivity index is 1.65. The average Bonchev–Trinajstić information content (AvgIpc) is 3.07. The van der Waals surface area contributed by atoms with Crippen molar-refractivity contribution >= 4 is 11.3 Å². The van der Waals surface area contributed by atoms with E-state index in [-0.39, 0.29) is 0 Å². The van der Waals surface area contributed by atoms with Gasteiger partial charge in [0.15, 0.2) is 5.75 Å². The van der Waals surface area contributed by atoms with Crippen LogP contribution in [0.25, 0.3) is 16.8 Å². The first-order valence-electron chi connectivity index (χ1n) is 7.72. The van der Waals surface area contributed by atoms with E-state index < -0.39 is 0 Å². The number of ether oxygens (including phenoxy) is 1. The quantitative estimate of drug-likeness (QED) is 0.788. The summed E-state index contributed by atoms with van der Waals surface area (Å²) in [7, 11) is 4.05. The molecule has 0 bridgehead atoms. The molecule has 1 fully saturated rings. The lowest BCUT2D eigenvalue weighted by molar-refractivity contribution is 0.0771. The van der Waals surface area contributed by atoms with Crippen molar-refractivity contribution in [1.29, 1.82) is 0 Å². The SMILES string of the molecule is CN1CCC1COc1cnn(C)c1-c1ccn2nc(N)cc2c1. The second-order valence-corrected chi connectivity index (χ2v) is 6.07. The molecule has 0 spiro atoms. The molecule has 7 nitrogen and oxygen atoms in total. The van der Waals surface area contributed by atoms with Gasteiger partial charge in [0.25, 0.3) is 0 Å². The van der Waals surface area contributed by atoms with Gasteiger partial charge in [0.05, 0.1) is 11.7 Å². The summed E-state index contributed by atoms with van der Waals surface area (Å²) in [6.45, 7) is 1.84. The number of likely N-dealkylation sites (N-methyl/N-ethyl adjacent to an activating group) is 1. The lowest BCUT2D eigenvalue weighted by Gasteiger charge is -2.37. The number of nitrogen functional groups attached to an aromatic ring is 1. The first-order chi connectivity index (χ1) is 11.1. The number of nitrogens with two attached hydrogens (primary N) is 1. The molecule has 0 aromatic carbocycles. The highest BCUT2D eigenvalue weighted by Gasteiger charge is 2.25. The molecule has 2 N–H and O–H groups in total. The summed E-state index contributed by atoms with van der Waals surface area (Å²) in [5, 5.41) is 8.55. The van der Waals surface area contributed by atoms with Crippen LogP contribution in [-0.2, 0) is 7.05 Å². The third-order valence-electron chi connectivity index (χ3n) is 4.53. The van der Waals surface area contributed by atoms with Crippen LogP contribution in [-0.4, -0.2) is 50.5 Å². The van der Waals surface area contributed by atoms with E-state index in [0.29, 0.717) is 18.5 Å². The molecule has 7 heteroatoms. The van der Waals surface area contributed by atoms with Gasteiger partial charge in [-0.25, -0.2) is 4.52 Å². The number of rotatable bonds is 4. The molecule has 1 unspecified atom stereocenters. The molecule has 23 heavy (non-hydrogen) atoms. The molecule has 0 amide bonds. The number of aryl methyl sites for hydroxylation is 1. The van der Waals surface area contributed by atoms with Crippen LogP contribution >= 0.6 is 0 Å². The maximum Gasteiger partial charge on any atom is 0.165 e. The number of fused-ring (bicyclic) bond motifs is 1. The topological polar surface area (TPSA) is 73.6 Å². The van der Waals surface area contributed by atoms with Crippen molar-refractivity contribution in [1.82, 2.24) is 24.3 Å². The summed E-state index contributed by atoms with van der Waals surface area (Å²) in [6.07, 6.45) is 4.87. The van der Waals surface area contributed by atoms with Crippen molar-refractivity contribution in [3.05, 3.63) is 30.6 Å². The third-order valence-corrected chi connectivity index (χ3v) is 4.53. The number of aromatic nitrogens is 4. The van der Waals surface area contributed by atoms with Gasteiger partial charge >= 0.3 is 0 Å². The largest absolute Gasteiger partial charge is 0.488 e. The summed E-state index contributed by atoms with van der Waals surface area (Å²) in [6, 6.07) is 6.39. The number of hydrogen-bond acceptors (Lipinski definition) is 5. The first kappa shape index (κ1) is 14.1. The summed E-state index contributed by atoms with van der Waals surface area (Å²) >= 11 is 0. The van der Waals surface area contributed by atoms with Crippen molar-refractivity contribution in [3.8, 4) is 17.0 Å². The van der Waals surface area contributed by atoms with E-state index in [9.17, 15) is 0 Å². The van der Waals surface area contributed by atoms with Gasteiger partial charge in [0.1, 0.15) is 18.1 Å². The lowest BCUT2D eigenvalue weighted by atomic mass is 10.1. The zero-order valence-corrected chi connectivity index (χ0v) is 13.3. The predicted molar refractivity (Wildman–Crippen MR) is 88.3 cm³/mol. The van der Waals surface area contributed by atoms with E-state index in [1.807, 2.05) is 36.1 Å². The molecule has 1 atom stereocenters. The Kier molecular flexibility index (Phi) is 3.23. The van der Waals surface area contributed by atoms with E-state index in [4.69, 9.17) is 10.5 Å². The number of nitrogens with zero attached hydrogens (tertiary/aromatic N) is 5. The lowest BCUT2D eigenvalue weighted by Crippen LogP contribution is -2.48. The number of pyridine rings is 1. The zero-order chi connectivity index (χ0) is 16.0. The molecule has 0 radical (unpaired) electrons. The minimum absolute atomic E-state index is 0.500. The normalized spacial score (nSPS) is 18.3. The monoisotopic (exact) mass is 312 g/mol. The number of hydrogen-bond donors (Lipinski definition) is 1. The van der Waals surface area contributed by atoms with E-state index in [1.54, 1.807) is 10.7 Å². The van der Waals surface area contributed by atoms with E-state index >= 15 is 0 Å². The molecule has 3 aromatic rings. The van der Waals surface area contributed by atoms with Gasteiger partial charge < -0.3 is 10.5 Å². The van der Waals surface area contributed by atoms with Gasteiger partial charge in [-0.1, -0.05) is 0 Å². The molecule has 4 heterocycles. The Bertz CT molecular complexity index is 851. The van der Waals surface area contributed by atoms with Crippen LogP contribution in [0.15, 0.2) is 30.6 Å². The van der Waals surface area contributed by atoms with Crippen LogP contribution in [0.4, 0.5) is 5.82 Å². The molecule has 120 valence electrons. The number of likely N-dealkylation sites (tertiary alicyclic amines) is 1. The van der Waals surface area contributed by atoms with Crippen molar-refractivity contribution in [2.75, 3.05) is 25.9 Å². The van der Waals surface area contributed by atoms with Crippen LogP contribution in [0.3, 0.4) is 0 Å². The summed E-state index contributed by atoms with van der Waals surface area (Å²) in [4.78, 5) is 2.30. The number of anilines is 1. The molecule has 1 aliphatic rings. The van der Waals surface area contributed by atoms with E-state index in [2.05, 4.69) is 22.1 Å². The summed E-state index contributed by atoms with van der Waals surface area (Å²) < 4.78 is 9.63. The third kappa shape index (κ3) is 2.43. The van der Waals surface area contributed by atoms with Crippen molar-refractivity contribution < 1.29 is 4.74 Å². The van der Waals surface area contributed by atoms with E-state index in [1.165, 1.54) is 6.42 Å². The van der Waals surface area contributed by atoms with Crippen molar-refractivity contribution in [3.63, 3.8) is 0 Å². The Morgan fingerprint density at radius 3 is 2.96 bits per heavy atom. The Morgan fingerprint density at radius 1 is 1.35 bits per heavy atom. The minimum Gasteiger partial charge on any atom is -0.488 e. The van der Waals surface area contributed by atoms with Gasteiger partial charge in [-0.05, 0) is 32.1 Å². The van der Waals surface area contributed by atoms with Crippen LogP contribution in [0.1, 0.15) is 6.42 Å². The Morgan fingerprint density at radius 2 is 2.22 bits per heavy atom. The maximum atomic E-state index is 6.03. The fourth-order valence-corrected chi connectivity index (χ4v) is 2.98. The summed E-state index contributed by atoms with van der Waals surface area (Å²) in [5.41, 5.74) is 8.71. The van der Waals surface area contributed by atoms with Gasteiger partial charge in [0, 0.05) is 30.9 Å². The van der Waals surface area contributed by atoms with Crippen LogP contribution in [0.5, 0.6) is 5.75 Å². The second kappa shape index (κ2) is 5.27. The Labute approximate surface area is 134 Å². The standard InChI is InChI=1S/C16H20N6O/c1-20-5-4-12(20)10-23-14-9-18-21(2)16(14)11-3-6-22-13(7-11)8-15(17)19-22/h3,6-9,12H,4-5,10H2,1-2H3,(H2,17,19). The van der Waals surface area contributed by atoms with Gasteiger partial charge in [-0.3, -0.25) is 9.58 Å². The molecule has 4 rings (SSSR count). The molecular formula is C16H20N6O. The first-order valence-corrected chi connectivity index (χ1v) is 7.72. The van der Waals surface area contributed by atoms with Crippen LogP contribution in [0.2, 0.25) is 0 Å². The average molecular weight is 312 g/mol. The van der Waals surface area contributed by atoms with Crippen molar-refractivity contribution in [2.45, 2.75) is 12.5 Å². The second-order valence-electron chi connectivity index (χ2n) is 6.07. The molecular weight excluding hydrogens is 292 g/mol. The Hall–Kier alpha value is -2.54. The van der Waals surface area contributed by atoms with E-state index in [0.717, 1.165) is 29.1 Å². The molecule has 0 aliphatic carbocycles. The fourth-order valence-electron chi connectivity index (χ4n) is 2.98. The summed E-state index contributed by atoms with van der Waals surface area (Å²) in [5.74, 6) is 1.32. The van der Waals surface area contributed by atoms with Gasteiger partial charge in [0.2, 0.25) is 0 Å².